The summed E-state index contributed by atoms with van der Waals surface area (Å²) < 4.78 is 12.7. The van der Waals surface area contributed by atoms with E-state index in [0.717, 1.165) is 34.0 Å². The summed E-state index contributed by atoms with van der Waals surface area (Å²) in [4.78, 5) is 0. The highest BCUT2D eigenvalue weighted by molar-refractivity contribution is 5.66. The fraction of sp³-hybridized carbons (Fsp3) is 0.273. The minimum atomic E-state index is -0.228. The number of hydrogen-bond donors (Lipinski definition) is 2. The highest BCUT2D eigenvalue weighted by atomic mass is 16.5. The third kappa shape index (κ3) is 4.11. The largest absolute Gasteiger partial charge is 0.464 e. The maximum absolute atomic E-state index is 6.37. The lowest BCUT2D eigenvalue weighted by Crippen LogP contribution is -2.18. The normalized spacial score (nSPS) is 17.8. The van der Waals surface area contributed by atoms with Crippen molar-refractivity contribution in [1.29, 1.82) is 0 Å². The van der Waals surface area contributed by atoms with Crippen LogP contribution in [0.25, 0.3) is 0 Å². The molecule has 6 rings (SSSR count). The third-order valence-corrected chi connectivity index (χ3v) is 8.14. The molecule has 2 unspecified atom stereocenters. The smallest absolute Gasteiger partial charge is 0.196 e. The van der Waals surface area contributed by atoms with Crippen molar-refractivity contribution in [2.45, 2.75) is 59.4 Å². The second-order valence-corrected chi connectivity index (χ2v) is 11.0. The molecule has 4 heteroatoms. The second-order valence-electron chi connectivity index (χ2n) is 11.0. The Morgan fingerprint density at radius 3 is 1.38 bits per heavy atom. The molecule has 0 aromatic heterocycles. The van der Waals surface area contributed by atoms with Crippen LogP contribution in [0.15, 0.2) is 72.8 Å². The molecule has 4 aromatic rings. The number of benzene rings is 4. The quantitative estimate of drug-likeness (QED) is 0.302. The summed E-state index contributed by atoms with van der Waals surface area (Å²) in [7, 11) is 0. The fourth-order valence-electron chi connectivity index (χ4n) is 5.18. The van der Waals surface area contributed by atoms with Gasteiger partial charge in [0.2, 0.25) is 0 Å². The van der Waals surface area contributed by atoms with E-state index in [1.54, 1.807) is 0 Å². The first-order valence-electron chi connectivity index (χ1n) is 13.0. The highest BCUT2D eigenvalue weighted by Gasteiger charge is 2.31. The molecule has 2 aliphatic rings. The van der Waals surface area contributed by atoms with Gasteiger partial charge in [-0.2, -0.15) is 0 Å². The zero-order valence-corrected chi connectivity index (χ0v) is 22.4. The summed E-state index contributed by atoms with van der Waals surface area (Å²) in [5, 5.41) is 7.05. The van der Waals surface area contributed by atoms with Gasteiger partial charge >= 0.3 is 0 Å². The van der Waals surface area contributed by atoms with Crippen LogP contribution in [0.1, 0.15) is 70.8 Å². The van der Waals surface area contributed by atoms with Gasteiger partial charge in [-0.3, -0.25) is 0 Å². The number of ether oxygens (including phenoxy) is 2. The van der Waals surface area contributed by atoms with E-state index in [-0.39, 0.29) is 17.9 Å². The third-order valence-electron chi connectivity index (χ3n) is 8.14. The number of hydrogen-bond acceptors (Lipinski definition) is 4. The monoisotopic (exact) mass is 490 g/mol. The van der Waals surface area contributed by atoms with Gasteiger partial charge in [-0.15, -0.1) is 0 Å². The van der Waals surface area contributed by atoms with Crippen LogP contribution in [0, 0.1) is 27.7 Å². The Morgan fingerprint density at radius 1 is 0.541 bits per heavy atom. The van der Waals surface area contributed by atoms with Crippen LogP contribution in [0.5, 0.6) is 11.5 Å². The minimum Gasteiger partial charge on any atom is -0.464 e. The van der Waals surface area contributed by atoms with E-state index < -0.39 is 0 Å². The van der Waals surface area contributed by atoms with Crippen LogP contribution >= 0.6 is 0 Å². The zero-order chi connectivity index (χ0) is 25.9. The summed E-state index contributed by atoms with van der Waals surface area (Å²) in [6.45, 7) is 13.1. The molecule has 4 aromatic carbocycles. The van der Waals surface area contributed by atoms with Gasteiger partial charge in [-0.25, -0.2) is 0 Å². The number of anilines is 2. The molecule has 2 N–H and O–H groups in total. The summed E-state index contributed by atoms with van der Waals surface area (Å²) in [5.74, 6) is 1.78. The SMILES string of the molecule is Cc1ccc(C2Nc3ccc(C(C)(C)c4ccc5c(c4)OC(c4ccc(C)c(C)c4)N5)cc3O2)cc1C. The van der Waals surface area contributed by atoms with E-state index in [1.807, 2.05) is 0 Å². The summed E-state index contributed by atoms with van der Waals surface area (Å²) in [6.07, 6.45) is -0.344. The molecule has 4 nitrogen and oxygen atoms in total. The Kier molecular flexibility index (Phi) is 5.45. The Labute approximate surface area is 219 Å². The molecule has 2 heterocycles. The van der Waals surface area contributed by atoms with Crippen LogP contribution < -0.4 is 20.1 Å². The van der Waals surface area contributed by atoms with Crippen molar-refractivity contribution >= 4 is 11.4 Å². The van der Waals surface area contributed by atoms with Crippen LogP contribution in [-0.2, 0) is 5.41 Å². The highest BCUT2D eigenvalue weighted by Crippen LogP contribution is 2.45. The molecule has 0 aliphatic carbocycles. The molecule has 188 valence electrons. The number of nitrogens with one attached hydrogen (secondary N) is 2. The Balaban J connectivity index is 1.24. The Hall–Kier alpha value is -3.92. The lowest BCUT2D eigenvalue weighted by molar-refractivity contribution is 0.259. The van der Waals surface area contributed by atoms with E-state index >= 15 is 0 Å². The Morgan fingerprint density at radius 2 is 0.973 bits per heavy atom. The molecular weight excluding hydrogens is 456 g/mol. The summed E-state index contributed by atoms with van der Waals surface area (Å²) in [5.41, 5.74) is 11.6. The van der Waals surface area contributed by atoms with Gasteiger partial charge in [0.25, 0.3) is 0 Å². The van der Waals surface area contributed by atoms with Crippen LogP contribution in [0.2, 0.25) is 0 Å². The topological polar surface area (TPSA) is 42.5 Å². The lowest BCUT2D eigenvalue weighted by Gasteiger charge is -2.26. The lowest BCUT2D eigenvalue weighted by atomic mass is 9.78. The first-order chi connectivity index (χ1) is 17.7. The van der Waals surface area contributed by atoms with Gasteiger partial charge in [0.1, 0.15) is 11.5 Å². The van der Waals surface area contributed by atoms with Crippen molar-refractivity contribution in [2.75, 3.05) is 10.6 Å². The first-order valence-corrected chi connectivity index (χ1v) is 13.0. The van der Waals surface area contributed by atoms with Gasteiger partial charge in [-0.05, 0) is 85.3 Å². The molecule has 0 amide bonds. The molecule has 0 spiro atoms. The fourth-order valence-corrected chi connectivity index (χ4v) is 5.18. The van der Waals surface area contributed by atoms with Crippen molar-refractivity contribution in [3.63, 3.8) is 0 Å². The summed E-state index contributed by atoms with van der Waals surface area (Å²) >= 11 is 0. The molecular formula is C33H34N2O2. The standard InChI is InChI=1S/C33H34N2O2/c1-19-7-9-23(15-21(19)3)31-34-27-13-11-25(17-29(27)36-31)33(5,6)26-12-14-28-30(18-26)37-32(35-28)24-10-8-20(2)22(4)16-24/h7-18,31-32,34-35H,1-6H3. The molecule has 2 atom stereocenters. The van der Waals surface area contributed by atoms with E-state index in [2.05, 4.69) is 125 Å². The molecule has 0 bridgehead atoms. The number of fused-ring (bicyclic) bond motifs is 2. The van der Waals surface area contributed by atoms with E-state index in [4.69, 9.17) is 9.47 Å². The average molecular weight is 491 g/mol. The van der Waals surface area contributed by atoms with Gasteiger partial charge < -0.3 is 20.1 Å². The van der Waals surface area contributed by atoms with Gasteiger partial charge in [-0.1, -0.05) is 62.4 Å². The molecule has 2 aliphatic heterocycles. The molecule has 0 saturated heterocycles. The maximum atomic E-state index is 6.37. The van der Waals surface area contributed by atoms with Crippen LogP contribution in [-0.4, -0.2) is 0 Å². The molecule has 0 radical (unpaired) electrons. The van der Waals surface area contributed by atoms with E-state index in [0.29, 0.717) is 0 Å². The van der Waals surface area contributed by atoms with Crippen molar-refractivity contribution in [1.82, 2.24) is 0 Å². The van der Waals surface area contributed by atoms with Gasteiger partial charge in [0, 0.05) is 16.5 Å². The second kappa shape index (κ2) is 8.58. The van der Waals surface area contributed by atoms with Crippen molar-refractivity contribution in [3.8, 4) is 11.5 Å². The van der Waals surface area contributed by atoms with Gasteiger partial charge in [0.05, 0.1) is 11.4 Å². The Bertz CT molecular complexity index is 1410. The first kappa shape index (κ1) is 23.5. The predicted molar refractivity (Wildman–Crippen MR) is 151 cm³/mol. The van der Waals surface area contributed by atoms with Gasteiger partial charge in [0.15, 0.2) is 12.5 Å². The molecule has 0 fully saturated rings. The van der Waals surface area contributed by atoms with E-state index in [9.17, 15) is 0 Å². The summed E-state index contributed by atoms with van der Waals surface area (Å²) in [6, 6.07) is 26.0. The van der Waals surface area contributed by atoms with Crippen molar-refractivity contribution in [2.24, 2.45) is 0 Å². The molecule has 0 saturated carbocycles. The van der Waals surface area contributed by atoms with Crippen LogP contribution in [0.3, 0.4) is 0 Å². The van der Waals surface area contributed by atoms with Crippen molar-refractivity contribution in [3.05, 3.63) is 117 Å². The average Bonchev–Trinajstić information content (AvgIpc) is 3.50. The molecule has 37 heavy (non-hydrogen) atoms. The minimum absolute atomic E-state index is 0.172. The number of rotatable bonds is 4. The van der Waals surface area contributed by atoms with E-state index in [1.165, 1.54) is 33.4 Å². The van der Waals surface area contributed by atoms with Crippen LogP contribution in [0.4, 0.5) is 11.4 Å². The van der Waals surface area contributed by atoms with Crippen molar-refractivity contribution < 1.29 is 9.47 Å². The zero-order valence-electron chi connectivity index (χ0n) is 22.4. The number of aryl methyl sites for hydroxylation is 4. The maximum Gasteiger partial charge on any atom is 0.196 e. The predicted octanol–water partition coefficient (Wildman–Crippen LogP) is 8.25.